The van der Waals surface area contributed by atoms with Crippen LogP contribution < -0.4 is 5.32 Å². The fourth-order valence-electron chi connectivity index (χ4n) is 3.32. The summed E-state index contributed by atoms with van der Waals surface area (Å²) in [5, 5.41) is 23.1. The van der Waals surface area contributed by atoms with Gasteiger partial charge in [-0.15, -0.1) is 0 Å². The molecule has 0 aromatic heterocycles. The molecule has 1 aliphatic carbocycles. The Labute approximate surface area is 146 Å². The second kappa shape index (κ2) is 9.15. The summed E-state index contributed by atoms with van der Waals surface area (Å²) in [5.41, 5.74) is 0.723. The van der Waals surface area contributed by atoms with Gasteiger partial charge in [0.2, 0.25) is 5.91 Å². The number of carbonyl (C=O) groups is 2. The predicted molar refractivity (Wildman–Crippen MR) is 92.2 cm³/mol. The van der Waals surface area contributed by atoms with Gasteiger partial charge in [-0.1, -0.05) is 37.8 Å². The average Bonchev–Trinajstić information content (AvgIpc) is 2.55. The SMILES string of the molecule is O=C(CCc1cccc([N+](=O)[O-])c1)NC1CCCCCCC1C(=O)O. The minimum atomic E-state index is -0.856. The van der Waals surface area contributed by atoms with Gasteiger partial charge in [0.25, 0.3) is 5.69 Å². The Kier molecular flexibility index (Phi) is 6.91. The molecule has 1 amide bonds. The maximum Gasteiger partial charge on any atom is 0.308 e. The highest BCUT2D eigenvalue weighted by Crippen LogP contribution is 2.23. The van der Waals surface area contributed by atoms with E-state index in [0.717, 1.165) is 31.2 Å². The maximum absolute atomic E-state index is 12.2. The van der Waals surface area contributed by atoms with Gasteiger partial charge in [0.15, 0.2) is 0 Å². The largest absolute Gasteiger partial charge is 0.481 e. The van der Waals surface area contributed by atoms with Gasteiger partial charge in [-0.05, 0) is 24.8 Å². The summed E-state index contributed by atoms with van der Waals surface area (Å²) in [6, 6.07) is 5.88. The van der Waals surface area contributed by atoms with E-state index in [2.05, 4.69) is 5.32 Å². The lowest BCUT2D eigenvalue weighted by atomic mass is 9.86. The van der Waals surface area contributed by atoms with Crippen LogP contribution in [0, 0.1) is 16.0 Å². The predicted octanol–water partition coefficient (Wildman–Crippen LogP) is 3.07. The van der Waals surface area contributed by atoms with Gasteiger partial charge in [0, 0.05) is 24.6 Å². The number of carboxylic acids is 1. The van der Waals surface area contributed by atoms with Crippen molar-refractivity contribution in [1.29, 1.82) is 0 Å². The minimum Gasteiger partial charge on any atom is -0.481 e. The molecule has 2 N–H and O–H groups in total. The molecule has 2 unspecified atom stereocenters. The number of aliphatic carboxylic acids is 1. The standard InChI is InChI=1S/C18H24N2O5/c21-17(11-10-13-6-5-7-14(12-13)20(24)25)19-16-9-4-2-1-3-8-15(16)18(22)23/h5-7,12,15-16H,1-4,8-11H2,(H,19,21)(H,22,23). The fourth-order valence-corrected chi connectivity index (χ4v) is 3.32. The Morgan fingerprint density at radius 1 is 1.20 bits per heavy atom. The molecule has 1 saturated carbocycles. The first-order valence-electron chi connectivity index (χ1n) is 8.73. The zero-order valence-electron chi connectivity index (χ0n) is 14.1. The van der Waals surface area contributed by atoms with Gasteiger partial charge in [0.1, 0.15) is 0 Å². The summed E-state index contributed by atoms with van der Waals surface area (Å²) < 4.78 is 0. The number of hydrogen-bond acceptors (Lipinski definition) is 4. The van der Waals surface area contributed by atoms with E-state index in [9.17, 15) is 24.8 Å². The van der Waals surface area contributed by atoms with E-state index in [1.54, 1.807) is 12.1 Å². The number of rotatable bonds is 6. The molecule has 0 aliphatic heterocycles. The van der Waals surface area contributed by atoms with Crippen molar-refractivity contribution in [2.24, 2.45) is 5.92 Å². The van der Waals surface area contributed by atoms with Crippen molar-refractivity contribution in [2.45, 2.75) is 57.4 Å². The van der Waals surface area contributed by atoms with Crippen LogP contribution in [0.2, 0.25) is 0 Å². The zero-order valence-corrected chi connectivity index (χ0v) is 14.1. The number of non-ortho nitro benzene ring substituents is 1. The van der Waals surface area contributed by atoms with Crippen molar-refractivity contribution < 1.29 is 19.6 Å². The first-order valence-corrected chi connectivity index (χ1v) is 8.73. The third-order valence-corrected chi connectivity index (χ3v) is 4.69. The molecule has 7 nitrogen and oxygen atoms in total. The highest BCUT2D eigenvalue weighted by molar-refractivity contribution is 5.78. The van der Waals surface area contributed by atoms with Gasteiger partial charge in [-0.3, -0.25) is 19.7 Å². The number of nitro groups is 1. The molecule has 0 heterocycles. The number of hydrogen-bond donors (Lipinski definition) is 2. The van der Waals surface area contributed by atoms with Crippen molar-refractivity contribution in [2.75, 3.05) is 0 Å². The van der Waals surface area contributed by atoms with E-state index in [4.69, 9.17) is 0 Å². The lowest BCUT2D eigenvalue weighted by Crippen LogP contribution is -2.44. The molecule has 1 aliphatic rings. The maximum atomic E-state index is 12.2. The number of aryl methyl sites for hydroxylation is 1. The molecule has 2 rings (SSSR count). The van der Waals surface area contributed by atoms with Crippen molar-refractivity contribution >= 4 is 17.6 Å². The van der Waals surface area contributed by atoms with Crippen LogP contribution >= 0.6 is 0 Å². The van der Waals surface area contributed by atoms with Crippen molar-refractivity contribution in [3.05, 3.63) is 39.9 Å². The molecule has 136 valence electrons. The zero-order chi connectivity index (χ0) is 18.2. The van der Waals surface area contributed by atoms with E-state index in [1.165, 1.54) is 12.1 Å². The average molecular weight is 348 g/mol. The molecule has 0 saturated heterocycles. The van der Waals surface area contributed by atoms with Crippen LogP contribution in [0.1, 0.15) is 50.5 Å². The van der Waals surface area contributed by atoms with Crippen LogP contribution in [0.4, 0.5) is 5.69 Å². The summed E-state index contributed by atoms with van der Waals surface area (Å²) >= 11 is 0. The third-order valence-electron chi connectivity index (χ3n) is 4.69. The molecular formula is C18H24N2O5. The topological polar surface area (TPSA) is 110 Å². The van der Waals surface area contributed by atoms with Crippen molar-refractivity contribution in [1.82, 2.24) is 5.32 Å². The number of amides is 1. The summed E-state index contributed by atoms with van der Waals surface area (Å²) in [5.74, 6) is -1.60. The van der Waals surface area contributed by atoms with E-state index in [1.807, 2.05) is 0 Å². The lowest BCUT2D eigenvalue weighted by Gasteiger charge is -2.27. The molecule has 2 atom stereocenters. The third kappa shape index (κ3) is 5.85. The number of carboxylic acid groups (broad SMARTS) is 1. The first-order chi connectivity index (χ1) is 12.0. The monoisotopic (exact) mass is 348 g/mol. The summed E-state index contributed by atoms with van der Waals surface area (Å²) in [7, 11) is 0. The van der Waals surface area contributed by atoms with Gasteiger partial charge in [-0.25, -0.2) is 0 Å². The quantitative estimate of drug-likeness (QED) is 0.606. The van der Waals surface area contributed by atoms with E-state index < -0.39 is 16.8 Å². The Bertz CT molecular complexity index is 632. The highest BCUT2D eigenvalue weighted by atomic mass is 16.6. The summed E-state index contributed by atoms with van der Waals surface area (Å²) in [6.45, 7) is 0. The van der Waals surface area contributed by atoms with Crippen molar-refractivity contribution in [3.8, 4) is 0 Å². The molecule has 0 spiro atoms. The van der Waals surface area contributed by atoms with Gasteiger partial charge >= 0.3 is 5.97 Å². The number of carbonyl (C=O) groups excluding carboxylic acids is 1. The van der Waals surface area contributed by atoms with Gasteiger partial charge < -0.3 is 10.4 Å². The van der Waals surface area contributed by atoms with Crippen LogP contribution in [0.5, 0.6) is 0 Å². The second-order valence-electron chi connectivity index (χ2n) is 6.54. The molecule has 7 heteroatoms. The molecule has 25 heavy (non-hydrogen) atoms. The van der Waals surface area contributed by atoms with Crippen LogP contribution in [-0.4, -0.2) is 27.9 Å². The molecule has 0 radical (unpaired) electrons. The number of benzene rings is 1. The van der Waals surface area contributed by atoms with E-state index in [-0.39, 0.29) is 24.1 Å². The Morgan fingerprint density at radius 2 is 1.92 bits per heavy atom. The number of nitro benzene ring substituents is 1. The number of nitrogens with zero attached hydrogens (tertiary/aromatic N) is 1. The second-order valence-corrected chi connectivity index (χ2v) is 6.54. The van der Waals surface area contributed by atoms with Gasteiger partial charge in [0.05, 0.1) is 10.8 Å². The van der Waals surface area contributed by atoms with E-state index in [0.29, 0.717) is 19.3 Å². The van der Waals surface area contributed by atoms with Gasteiger partial charge in [-0.2, -0.15) is 0 Å². The van der Waals surface area contributed by atoms with Crippen LogP contribution in [-0.2, 0) is 16.0 Å². The molecule has 0 bridgehead atoms. The summed E-state index contributed by atoms with van der Waals surface area (Å²) in [6.07, 6.45) is 5.73. The highest BCUT2D eigenvalue weighted by Gasteiger charge is 2.29. The Hall–Kier alpha value is -2.44. The molecule has 1 aromatic carbocycles. The lowest BCUT2D eigenvalue weighted by molar-refractivity contribution is -0.384. The van der Waals surface area contributed by atoms with Crippen molar-refractivity contribution in [3.63, 3.8) is 0 Å². The smallest absolute Gasteiger partial charge is 0.308 e. The summed E-state index contributed by atoms with van der Waals surface area (Å²) in [4.78, 5) is 34.0. The Balaban J connectivity index is 1.92. The van der Waals surface area contributed by atoms with Crippen LogP contribution in [0.3, 0.4) is 0 Å². The Morgan fingerprint density at radius 3 is 2.60 bits per heavy atom. The fraction of sp³-hybridized carbons (Fsp3) is 0.556. The van der Waals surface area contributed by atoms with E-state index >= 15 is 0 Å². The molecular weight excluding hydrogens is 324 g/mol. The molecule has 1 aromatic rings. The number of nitrogens with one attached hydrogen (secondary N) is 1. The molecule has 1 fully saturated rings. The minimum absolute atomic E-state index is 0.00358. The van der Waals surface area contributed by atoms with Crippen LogP contribution in [0.25, 0.3) is 0 Å². The van der Waals surface area contributed by atoms with Crippen LogP contribution in [0.15, 0.2) is 24.3 Å². The first kappa shape index (κ1) is 18.9. The normalized spacial score (nSPS) is 21.0.